The van der Waals surface area contributed by atoms with Crippen LogP contribution in [0.2, 0.25) is 0 Å². The summed E-state index contributed by atoms with van der Waals surface area (Å²) >= 11 is 0. The van der Waals surface area contributed by atoms with Gasteiger partial charge in [-0.3, -0.25) is 0 Å². The second-order valence-corrected chi connectivity index (χ2v) is 5.41. The van der Waals surface area contributed by atoms with Crippen molar-refractivity contribution in [2.75, 3.05) is 6.54 Å². The quantitative estimate of drug-likeness (QED) is 0.823. The molecule has 112 valence electrons. The van der Waals surface area contributed by atoms with Crippen LogP contribution >= 0.6 is 0 Å². The Labute approximate surface area is 119 Å². The number of hydrogen-bond acceptors (Lipinski definition) is 2. The third-order valence-electron chi connectivity index (χ3n) is 3.80. The average molecular weight is 283 g/mol. The molecule has 0 heterocycles. The van der Waals surface area contributed by atoms with Gasteiger partial charge in [-0.05, 0) is 44.4 Å². The average Bonchev–Trinajstić information content (AvgIpc) is 2.67. The van der Waals surface area contributed by atoms with Crippen LogP contribution in [0.15, 0.2) is 18.2 Å². The van der Waals surface area contributed by atoms with Crippen molar-refractivity contribution < 1.29 is 13.5 Å². The molecule has 1 aliphatic carbocycles. The number of halogens is 2. The van der Waals surface area contributed by atoms with Gasteiger partial charge in [-0.1, -0.05) is 25.8 Å². The van der Waals surface area contributed by atoms with Crippen molar-refractivity contribution in [2.45, 2.75) is 57.6 Å². The first-order chi connectivity index (χ1) is 9.72. The molecule has 0 radical (unpaired) electrons. The van der Waals surface area contributed by atoms with Crippen molar-refractivity contribution in [1.82, 2.24) is 5.32 Å². The molecule has 2 nitrogen and oxygen atoms in total. The molecular weight excluding hydrogens is 260 g/mol. The summed E-state index contributed by atoms with van der Waals surface area (Å²) in [6, 6.07) is 4.32. The monoisotopic (exact) mass is 283 g/mol. The Hall–Kier alpha value is -1.16. The molecule has 1 saturated carbocycles. The van der Waals surface area contributed by atoms with E-state index in [2.05, 4.69) is 12.2 Å². The highest BCUT2D eigenvalue weighted by molar-refractivity contribution is 5.25. The van der Waals surface area contributed by atoms with Crippen molar-refractivity contribution in [1.29, 1.82) is 0 Å². The third-order valence-corrected chi connectivity index (χ3v) is 3.80. The van der Waals surface area contributed by atoms with E-state index in [4.69, 9.17) is 4.74 Å². The van der Waals surface area contributed by atoms with Crippen molar-refractivity contribution in [3.63, 3.8) is 0 Å². The van der Waals surface area contributed by atoms with Crippen LogP contribution in [0.5, 0.6) is 5.75 Å². The second kappa shape index (κ2) is 7.58. The molecule has 1 N–H and O–H groups in total. The van der Waals surface area contributed by atoms with Crippen LogP contribution in [0.25, 0.3) is 0 Å². The number of rotatable bonds is 5. The number of nitrogens with one attached hydrogen (secondary N) is 1. The van der Waals surface area contributed by atoms with Gasteiger partial charge in [0.05, 0.1) is 0 Å². The Morgan fingerprint density at radius 1 is 1.20 bits per heavy atom. The molecule has 0 bridgehead atoms. The first-order valence-corrected chi connectivity index (χ1v) is 7.56. The van der Waals surface area contributed by atoms with Crippen LogP contribution in [0, 0.1) is 11.6 Å². The molecule has 1 aromatic carbocycles. The zero-order chi connectivity index (χ0) is 14.4. The van der Waals surface area contributed by atoms with E-state index in [1.807, 2.05) is 0 Å². The molecule has 0 aromatic heterocycles. The molecule has 0 amide bonds. The Bertz CT molecular complexity index is 425. The topological polar surface area (TPSA) is 21.3 Å². The van der Waals surface area contributed by atoms with E-state index in [1.165, 1.54) is 18.6 Å². The van der Waals surface area contributed by atoms with Gasteiger partial charge in [0.2, 0.25) is 5.82 Å². The molecule has 4 heteroatoms. The highest BCUT2D eigenvalue weighted by Gasteiger charge is 2.26. The normalized spacial score (nSPS) is 23.4. The summed E-state index contributed by atoms with van der Waals surface area (Å²) in [6.45, 7) is 3.04. The maximum Gasteiger partial charge on any atom is 0.200 e. The summed E-state index contributed by atoms with van der Waals surface area (Å²) in [5.41, 5.74) is 0. The van der Waals surface area contributed by atoms with E-state index in [1.54, 1.807) is 0 Å². The fourth-order valence-electron chi connectivity index (χ4n) is 2.72. The van der Waals surface area contributed by atoms with Crippen LogP contribution in [-0.4, -0.2) is 18.7 Å². The Balaban J connectivity index is 2.08. The van der Waals surface area contributed by atoms with Crippen molar-refractivity contribution in [2.24, 2.45) is 0 Å². The molecule has 2 atom stereocenters. The first kappa shape index (κ1) is 15.2. The molecule has 1 aliphatic rings. The summed E-state index contributed by atoms with van der Waals surface area (Å²) in [4.78, 5) is 0. The lowest BCUT2D eigenvalue weighted by atomic mass is 10.1. The van der Waals surface area contributed by atoms with Gasteiger partial charge < -0.3 is 10.1 Å². The number of ether oxygens (including phenoxy) is 1. The van der Waals surface area contributed by atoms with Gasteiger partial charge >= 0.3 is 0 Å². The number of benzene rings is 1. The predicted octanol–water partition coefficient (Wildman–Crippen LogP) is 4.04. The molecule has 1 aromatic rings. The minimum absolute atomic E-state index is 0.0280. The summed E-state index contributed by atoms with van der Waals surface area (Å²) < 4.78 is 32.7. The summed E-state index contributed by atoms with van der Waals surface area (Å²) in [7, 11) is 0. The highest BCUT2D eigenvalue weighted by atomic mass is 19.2. The molecule has 0 spiro atoms. The van der Waals surface area contributed by atoms with Crippen LogP contribution in [0.1, 0.15) is 45.4 Å². The molecule has 0 saturated heterocycles. The minimum Gasteiger partial charge on any atom is -0.486 e. The lowest BCUT2D eigenvalue weighted by molar-refractivity contribution is 0.137. The van der Waals surface area contributed by atoms with Gasteiger partial charge in [-0.25, -0.2) is 4.39 Å². The fraction of sp³-hybridized carbons (Fsp3) is 0.625. The second-order valence-electron chi connectivity index (χ2n) is 5.41. The van der Waals surface area contributed by atoms with E-state index in [9.17, 15) is 8.78 Å². The SMILES string of the molecule is CCCNC1CCCCCC1Oc1cccc(F)c1F. The summed E-state index contributed by atoms with van der Waals surface area (Å²) in [6.07, 6.45) is 6.30. The van der Waals surface area contributed by atoms with Crippen LogP contribution in [0.3, 0.4) is 0 Å². The van der Waals surface area contributed by atoms with Gasteiger partial charge in [0.1, 0.15) is 6.10 Å². The Morgan fingerprint density at radius 2 is 2.00 bits per heavy atom. The highest BCUT2D eigenvalue weighted by Crippen LogP contribution is 2.26. The van der Waals surface area contributed by atoms with E-state index < -0.39 is 11.6 Å². The maximum absolute atomic E-state index is 13.7. The van der Waals surface area contributed by atoms with Gasteiger partial charge in [0, 0.05) is 6.04 Å². The van der Waals surface area contributed by atoms with E-state index in [0.29, 0.717) is 0 Å². The number of hydrogen-bond donors (Lipinski definition) is 1. The van der Waals surface area contributed by atoms with Gasteiger partial charge in [0.15, 0.2) is 11.6 Å². The minimum atomic E-state index is -0.883. The van der Waals surface area contributed by atoms with E-state index in [0.717, 1.165) is 44.7 Å². The van der Waals surface area contributed by atoms with Crippen molar-refractivity contribution in [3.05, 3.63) is 29.8 Å². The smallest absolute Gasteiger partial charge is 0.200 e. The summed E-state index contributed by atoms with van der Waals surface area (Å²) in [5.74, 6) is -1.71. The first-order valence-electron chi connectivity index (χ1n) is 7.56. The Morgan fingerprint density at radius 3 is 2.80 bits per heavy atom. The van der Waals surface area contributed by atoms with Crippen LogP contribution in [-0.2, 0) is 0 Å². The fourth-order valence-corrected chi connectivity index (χ4v) is 2.72. The molecule has 2 unspecified atom stereocenters. The molecule has 2 rings (SSSR count). The van der Waals surface area contributed by atoms with Crippen LogP contribution < -0.4 is 10.1 Å². The molecule has 1 fully saturated rings. The predicted molar refractivity (Wildman–Crippen MR) is 75.9 cm³/mol. The van der Waals surface area contributed by atoms with E-state index in [-0.39, 0.29) is 17.9 Å². The van der Waals surface area contributed by atoms with Gasteiger partial charge in [0.25, 0.3) is 0 Å². The van der Waals surface area contributed by atoms with E-state index >= 15 is 0 Å². The van der Waals surface area contributed by atoms with Crippen molar-refractivity contribution >= 4 is 0 Å². The lowest BCUT2D eigenvalue weighted by Crippen LogP contribution is -2.42. The Kier molecular flexibility index (Phi) is 5.77. The van der Waals surface area contributed by atoms with Gasteiger partial charge in [-0.2, -0.15) is 4.39 Å². The largest absolute Gasteiger partial charge is 0.486 e. The van der Waals surface area contributed by atoms with Crippen molar-refractivity contribution in [3.8, 4) is 5.75 Å². The third kappa shape index (κ3) is 3.92. The summed E-state index contributed by atoms with van der Waals surface area (Å²) in [5, 5.41) is 3.47. The molecule has 20 heavy (non-hydrogen) atoms. The standard InChI is InChI=1S/C16H23F2NO/c1-2-11-19-13-8-4-3-5-9-14(13)20-15-10-6-7-12(17)16(15)18/h6-7,10,13-14,19H,2-5,8-9,11H2,1H3. The lowest BCUT2D eigenvalue weighted by Gasteiger charge is -2.27. The van der Waals surface area contributed by atoms with Crippen LogP contribution in [0.4, 0.5) is 8.78 Å². The maximum atomic E-state index is 13.7. The molecule has 0 aliphatic heterocycles. The zero-order valence-electron chi connectivity index (χ0n) is 12.0. The zero-order valence-corrected chi connectivity index (χ0v) is 12.0. The molecular formula is C16H23F2NO. The van der Waals surface area contributed by atoms with Gasteiger partial charge in [-0.15, -0.1) is 0 Å².